The number of hydrogen-bond acceptors (Lipinski definition) is 3. The molecule has 0 heterocycles. The van der Waals surface area contributed by atoms with Crippen molar-refractivity contribution in [3.05, 3.63) is 55.1 Å². The van der Waals surface area contributed by atoms with Crippen LogP contribution in [0.1, 0.15) is 1.43 Å². The zero-order valence-electron chi connectivity index (χ0n) is 11.6. The van der Waals surface area contributed by atoms with Crippen molar-refractivity contribution in [2.75, 3.05) is 6.61 Å². The van der Waals surface area contributed by atoms with E-state index in [1.807, 2.05) is 42.5 Å². The van der Waals surface area contributed by atoms with Crippen LogP contribution < -0.4 is 34.3 Å². The second kappa shape index (κ2) is 13.8. The molecule has 0 aliphatic rings. The summed E-state index contributed by atoms with van der Waals surface area (Å²) in [5, 5.41) is 0. The molecule has 6 nitrogen and oxygen atoms in total. The molecule has 0 bridgehead atoms. The molecule has 0 saturated carbocycles. The molecule has 1 rings (SSSR count). The molecular formula is C11H17NaO6S. The van der Waals surface area contributed by atoms with E-state index in [-0.39, 0.29) is 36.5 Å². The first-order valence-corrected chi connectivity index (χ1v) is 5.98. The van der Waals surface area contributed by atoms with Gasteiger partial charge in [-0.25, -0.2) is 0 Å². The van der Waals surface area contributed by atoms with E-state index in [1.165, 1.54) is 0 Å². The zero-order valence-corrected chi connectivity index (χ0v) is 13.4. The van der Waals surface area contributed by atoms with E-state index >= 15 is 0 Å². The summed E-state index contributed by atoms with van der Waals surface area (Å²) >= 11 is 0. The molecule has 0 radical (unpaired) electrons. The largest absolute Gasteiger partial charge is 1.00 e. The second-order valence-electron chi connectivity index (χ2n) is 2.74. The first-order valence-electron chi connectivity index (χ1n) is 4.59. The van der Waals surface area contributed by atoms with E-state index in [2.05, 4.69) is 6.58 Å². The Balaban J connectivity index is -0.000000141. The second-order valence-corrected chi connectivity index (χ2v) is 3.63. The van der Waals surface area contributed by atoms with E-state index in [0.29, 0.717) is 6.61 Å². The number of hydrogen-bond donors (Lipinski definition) is 2. The third-order valence-corrected chi connectivity index (χ3v) is 1.36. The Labute approximate surface area is 136 Å². The van der Waals surface area contributed by atoms with E-state index in [9.17, 15) is 0 Å². The average molecular weight is 300 g/mol. The minimum Gasteiger partial charge on any atom is -1.00 e. The first-order chi connectivity index (χ1) is 7.93. The smallest absolute Gasteiger partial charge is 1.00 e. The van der Waals surface area contributed by atoms with Crippen molar-refractivity contribution in [1.29, 1.82) is 0 Å². The first kappa shape index (κ1) is 23.4. The molecule has 19 heavy (non-hydrogen) atoms. The summed E-state index contributed by atoms with van der Waals surface area (Å²) < 4.78 is 37.0. The van der Waals surface area contributed by atoms with Crippen LogP contribution in [-0.4, -0.2) is 29.6 Å². The van der Waals surface area contributed by atoms with Crippen molar-refractivity contribution in [3.8, 4) is 5.75 Å². The van der Waals surface area contributed by atoms with Gasteiger partial charge >= 0.3 is 40.0 Å². The molecule has 0 unspecified atom stereocenters. The number of benzene rings is 1. The molecule has 0 saturated heterocycles. The van der Waals surface area contributed by atoms with Crippen LogP contribution in [0.3, 0.4) is 0 Å². The van der Waals surface area contributed by atoms with Crippen molar-refractivity contribution < 1.29 is 58.7 Å². The van der Waals surface area contributed by atoms with Gasteiger partial charge in [0, 0.05) is 0 Å². The maximum atomic E-state index is 8.74. The Bertz CT molecular complexity index is 441. The maximum absolute atomic E-state index is 8.74. The number of ether oxygens (including phenoxy) is 1. The van der Waals surface area contributed by atoms with E-state index in [1.54, 1.807) is 6.08 Å². The monoisotopic (exact) mass is 300 g/mol. The summed E-state index contributed by atoms with van der Waals surface area (Å²) in [6, 6.07) is 9.73. The van der Waals surface area contributed by atoms with Gasteiger partial charge in [0.2, 0.25) is 0 Å². The molecule has 1 aromatic carbocycles. The Kier molecular flexibility index (Phi) is 17.0. The molecule has 0 spiro atoms. The van der Waals surface area contributed by atoms with Crippen LogP contribution in [0.25, 0.3) is 0 Å². The van der Waals surface area contributed by atoms with Crippen molar-refractivity contribution in [3.63, 3.8) is 0 Å². The molecule has 0 atom stereocenters. The van der Waals surface area contributed by atoms with Crippen LogP contribution in [0, 0.1) is 0 Å². The Morgan fingerprint density at radius 3 is 2.16 bits per heavy atom. The molecule has 0 aliphatic heterocycles. The Hall–Kier alpha value is -0.670. The van der Waals surface area contributed by atoms with Gasteiger partial charge in [-0.05, 0) is 18.2 Å². The summed E-state index contributed by atoms with van der Waals surface area (Å²) in [6.07, 6.45) is 5.51. The number of para-hydroxylation sites is 1. The third kappa shape index (κ3) is 22.9. The van der Waals surface area contributed by atoms with Gasteiger partial charge in [-0.15, -0.1) is 0 Å². The standard InChI is InChI=1S/C11H12O.Na.H2O4S.H2O.H/c1-2-3-7-10-12-11-8-5-4-6-9-11;;1-5(2,3)4;;/h2-9H,1,10H2;;(H2,1,2,3,4);1H2;/q;+1;;;-1. The van der Waals surface area contributed by atoms with Gasteiger partial charge in [0.25, 0.3) is 0 Å². The van der Waals surface area contributed by atoms with Crippen molar-refractivity contribution in [1.82, 2.24) is 0 Å². The Morgan fingerprint density at radius 2 is 1.74 bits per heavy atom. The van der Waals surface area contributed by atoms with Crippen molar-refractivity contribution in [2.45, 2.75) is 0 Å². The summed E-state index contributed by atoms with van der Waals surface area (Å²) in [7, 11) is -4.67. The fourth-order valence-electron chi connectivity index (χ4n) is 0.813. The summed E-state index contributed by atoms with van der Waals surface area (Å²) in [5.41, 5.74) is 0. The topological polar surface area (TPSA) is 115 Å². The average Bonchev–Trinajstić information content (AvgIpc) is 2.24. The van der Waals surface area contributed by atoms with Gasteiger partial charge in [0.05, 0.1) is 0 Å². The Morgan fingerprint density at radius 1 is 1.26 bits per heavy atom. The SMILES string of the molecule is C=CC=CCOc1ccccc1.O.O=S(=O)(O)O.[H-].[Na+]. The van der Waals surface area contributed by atoms with E-state index in [0.717, 1.165) is 5.75 Å². The van der Waals surface area contributed by atoms with Gasteiger partial charge in [0.1, 0.15) is 12.4 Å². The molecule has 1 aromatic rings. The summed E-state index contributed by atoms with van der Waals surface area (Å²) in [4.78, 5) is 0. The molecule has 4 N–H and O–H groups in total. The predicted molar refractivity (Wildman–Crippen MR) is 70.2 cm³/mol. The van der Waals surface area contributed by atoms with Crippen LogP contribution in [0.5, 0.6) is 5.75 Å². The molecule has 0 fully saturated rings. The van der Waals surface area contributed by atoms with Gasteiger partial charge in [-0.1, -0.05) is 36.9 Å². The molecule has 0 amide bonds. The van der Waals surface area contributed by atoms with Crippen LogP contribution in [0.4, 0.5) is 0 Å². The van der Waals surface area contributed by atoms with Crippen molar-refractivity contribution in [2.24, 2.45) is 0 Å². The van der Waals surface area contributed by atoms with Crippen molar-refractivity contribution >= 4 is 10.4 Å². The fraction of sp³-hybridized carbons (Fsp3) is 0.0909. The van der Waals surface area contributed by atoms with Gasteiger partial charge < -0.3 is 11.6 Å². The van der Waals surface area contributed by atoms with E-state index in [4.69, 9.17) is 22.3 Å². The number of allylic oxidation sites excluding steroid dienone is 2. The maximum Gasteiger partial charge on any atom is 1.00 e. The minimum absolute atomic E-state index is 0. The van der Waals surface area contributed by atoms with Gasteiger partial charge in [-0.3, -0.25) is 9.11 Å². The van der Waals surface area contributed by atoms with Crippen LogP contribution in [0.2, 0.25) is 0 Å². The summed E-state index contributed by atoms with van der Waals surface area (Å²) in [5.74, 6) is 0.895. The molecule has 0 aromatic heterocycles. The number of rotatable bonds is 4. The molecule has 104 valence electrons. The normalized spacial score (nSPS) is 9.37. The minimum atomic E-state index is -4.67. The predicted octanol–water partition coefficient (Wildman–Crippen LogP) is -1.55. The molecule has 0 aliphatic carbocycles. The van der Waals surface area contributed by atoms with Gasteiger partial charge in [-0.2, -0.15) is 8.42 Å². The fourth-order valence-corrected chi connectivity index (χ4v) is 0.813. The van der Waals surface area contributed by atoms with E-state index < -0.39 is 10.4 Å². The quantitative estimate of drug-likeness (QED) is 0.397. The van der Waals surface area contributed by atoms with Crippen LogP contribution >= 0.6 is 0 Å². The molecule has 8 heteroatoms. The van der Waals surface area contributed by atoms with Gasteiger partial charge in [0.15, 0.2) is 0 Å². The third-order valence-electron chi connectivity index (χ3n) is 1.36. The van der Waals surface area contributed by atoms with Crippen LogP contribution in [-0.2, 0) is 10.4 Å². The summed E-state index contributed by atoms with van der Waals surface area (Å²) in [6.45, 7) is 4.16. The van der Waals surface area contributed by atoms with Crippen LogP contribution in [0.15, 0.2) is 55.1 Å². The molecular weight excluding hydrogens is 283 g/mol. The zero-order chi connectivity index (χ0) is 13.1.